The number of nitrogens with one attached hydrogen (secondary N) is 1. The van der Waals surface area contributed by atoms with E-state index in [4.69, 9.17) is 0 Å². The predicted molar refractivity (Wildman–Crippen MR) is 77.9 cm³/mol. The first-order chi connectivity index (χ1) is 8.60. The summed E-state index contributed by atoms with van der Waals surface area (Å²) in [6.45, 7) is 9.53. The summed E-state index contributed by atoms with van der Waals surface area (Å²) in [4.78, 5) is 14.6. The molecule has 2 aliphatic rings. The first kappa shape index (κ1) is 14.2. The Balaban J connectivity index is 1.93. The second-order valence-electron chi connectivity index (χ2n) is 5.81. The highest BCUT2D eigenvalue weighted by molar-refractivity contribution is 8.00. The number of hydrogen-bond donors (Lipinski definition) is 1. The van der Waals surface area contributed by atoms with E-state index in [9.17, 15) is 4.79 Å². The Morgan fingerprint density at radius 2 is 2.00 bits per heavy atom. The Morgan fingerprint density at radius 3 is 2.61 bits per heavy atom. The van der Waals surface area contributed by atoms with Gasteiger partial charge in [-0.1, -0.05) is 27.2 Å². The number of nitrogens with zero attached hydrogens (tertiary/aromatic N) is 1. The third-order valence-electron chi connectivity index (χ3n) is 4.12. The van der Waals surface area contributed by atoms with Crippen LogP contribution in [0.25, 0.3) is 0 Å². The molecule has 3 nitrogen and oxygen atoms in total. The highest BCUT2D eigenvalue weighted by Gasteiger charge is 2.32. The molecule has 0 aromatic rings. The molecule has 2 heterocycles. The quantitative estimate of drug-likeness (QED) is 0.834. The van der Waals surface area contributed by atoms with E-state index in [1.807, 2.05) is 11.8 Å². The second-order valence-corrected chi connectivity index (χ2v) is 7.69. The van der Waals surface area contributed by atoms with Crippen LogP contribution in [0.5, 0.6) is 0 Å². The number of carbonyl (C=O) groups excluding carboxylic acids is 1. The van der Waals surface area contributed by atoms with Crippen molar-refractivity contribution in [3.05, 3.63) is 0 Å². The topological polar surface area (TPSA) is 32.3 Å². The molecule has 2 rings (SSSR count). The standard InChI is InChI=1S/C14H26N2OS/c1-4-12-5-6-15-13(7-12)14(17)16-8-10(2)18-11(3)9-16/h10-13,15H,4-9H2,1-3H3. The smallest absolute Gasteiger partial charge is 0.239 e. The maximum atomic E-state index is 12.6. The van der Waals surface area contributed by atoms with Crippen molar-refractivity contribution < 1.29 is 4.79 Å². The van der Waals surface area contributed by atoms with Gasteiger partial charge < -0.3 is 10.2 Å². The zero-order valence-electron chi connectivity index (χ0n) is 11.8. The Labute approximate surface area is 115 Å². The Kier molecular flexibility index (Phi) is 4.96. The fourth-order valence-corrected chi connectivity index (χ4v) is 4.46. The Hall–Kier alpha value is -0.220. The van der Waals surface area contributed by atoms with Gasteiger partial charge >= 0.3 is 0 Å². The lowest BCUT2D eigenvalue weighted by molar-refractivity contribution is -0.134. The van der Waals surface area contributed by atoms with Crippen molar-refractivity contribution in [1.82, 2.24) is 10.2 Å². The second kappa shape index (κ2) is 6.29. The van der Waals surface area contributed by atoms with E-state index in [0.29, 0.717) is 16.4 Å². The highest BCUT2D eigenvalue weighted by atomic mass is 32.2. The molecular formula is C14H26N2OS. The van der Waals surface area contributed by atoms with Crippen molar-refractivity contribution in [1.29, 1.82) is 0 Å². The van der Waals surface area contributed by atoms with Gasteiger partial charge in [0.05, 0.1) is 6.04 Å². The Bertz CT molecular complexity index is 288. The lowest BCUT2D eigenvalue weighted by atomic mass is 9.90. The minimum Gasteiger partial charge on any atom is -0.339 e. The third-order valence-corrected chi connectivity index (χ3v) is 5.35. The summed E-state index contributed by atoms with van der Waals surface area (Å²) in [5, 5.41) is 4.56. The lowest BCUT2D eigenvalue weighted by Gasteiger charge is -2.38. The van der Waals surface area contributed by atoms with E-state index in [2.05, 4.69) is 31.0 Å². The Morgan fingerprint density at radius 1 is 1.33 bits per heavy atom. The van der Waals surface area contributed by atoms with E-state index >= 15 is 0 Å². The van der Waals surface area contributed by atoms with E-state index in [1.165, 1.54) is 12.8 Å². The van der Waals surface area contributed by atoms with Gasteiger partial charge in [0, 0.05) is 23.6 Å². The van der Waals surface area contributed by atoms with Gasteiger partial charge in [0.2, 0.25) is 5.91 Å². The van der Waals surface area contributed by atoms with Gasteiger partial charge in [0.25, 0.3) is 0 Å². The monoisotopic (exact) mass is 270 g/mol. The van der Waals surface area contributed by atoms with Crippen molar-refractivity contribution in [2.24, 2.45) is 5.92 Å². The first-order valence-corrected chi connectivity index (χ1v) is 8.22. The molecule has 18 heavy (non-hydrogen) atoms. The van der Waals surface area contributed by atoms with Crippen LogP contribution in [-0.2, 0) is 4.79 Å². The summed E-state index contributed by atoms with van der Waals surface area (Å²) in [6.07, 6.45) is 3.46. The van der Waals surface area contributed by atoms with Crippen molar-refractivity contribution in [3.8, 4) is 0 Å². The molecule has 1 amide bonds. The number of amides is 1. The van der Waals surface area contributed by atoms with Crippen LogP contribution in [0.2, 0.25) is 0 Å². The minimum absolute atomic E-state index is 0.0752. The maximum absolute atomic E-state index is 12.6. The highest BCUT2D eigenvalue weighted by Crippen LogP contribution is 2.27. The largest absolute Gasteiger partial charge is 0.339 e. The van der Waals surface area contributed by atoms with Gasteiger partial charge in [-0.25, -0.2) is 0 Å². The molecule has 0 aromatic heterocycles. The molecule has 4 atom stereocenters. The number of thioether (sulfide) groups is 1. The van der Waals surface area contributed by atoms with Crippen LogP contribution in [0, 0.1) is 5.92 Å². The molecule has 2 aliphatic heterocycles. The van der Waals surface area contributed by atoms with Crippen LogP contribution in [0.3, 0.4) is 0 Å². The molecule has 0 bridgehead atoms. The maximum Gasteiger partial charge on any atom is 0.239 e. The van der Waals surface area contributed by atoms with Crippen molar-refractivity contribution in [2.45, 2.75) is 56.6 Å². The van der Waals surface area contributed by atoms with Crippen molar-refractivity contribution in [2.75, 3.05) is 19.6 Å². The molecule has 0 radical (unpaired) electrons. The summed E-state index contributed by atoms with van der Waals surface area (Å²) in [6, 6.07) is 0.0752. The summed E-state index contributed by atoms with van der Waals surface area (Å²) in [5.74, 6) is 1.07. The molecule has 1 N–H and O–H groups in total. The molecule has 104 valence electrons. The number of rotatable bonds is 2. The van der Waals surface area contributed by atoms with Gasteiger partial charge in [-0.2, -0.15) is 11.8 Å². The van der Waals surface area contributed by atoms with Gasteiger partial charge in [-0.3, -0.25) is 4.79 Å². The normalized spacial score (nSPS) is 37.6. The van der Waals surface area contributed by atoms with E-state index in [0.717, 1.165) is 32.0 Å². The lowest BCUT2D eigenvalue weighted by Crippen LogP contribution is -2.54. The van der Waals surface area contributed by atoms with E-state index < -0.39 is 0 Å². The van der Waals surface area contributed by atoms with Gasteiger partial charge in [0.15, 0.2) is 0 Å². The fraction of sp³-hybridized carbons (Fsp3) is 0.929. The van der Waals surface area contributed by atoms with Crippen LogP contribution < -0.4 is 5.32 Å². The zero-order chi connectivity index (χ0) is 13.1. The number of piperidine rings is 1. The molecule has 4 unspecified atom stereocenters. The molecule has 0 saturated carbocycles. The molecule has 4 heteroatoms. The zero-order valence-corrected chi connectivity index (χ0v) is 12.6. The SMILES string of the molecule is CCC1CCNC(C(=O)N2CC(C)SC(C)C2)C1. The average molecular weight is 270 g/mol. The van der Waals surface area contributed by atoms with E-state index in [-0.39, 0.29) is 6.04 Å². The molecule has 0 aliphatic carbocycles. The molecular weight excluding hydrogens is 244 g/mol. The van der Waals surface area contributed by atoms with E-state index in [1.54, 1.807) is 0 Å². The minimum atomic E-state index is 0.0752. The number of carbonyl (C=O) groups is 1. The van der Waals surface area contributed by atoms with Crippen molar-refractivity contribution in [3.63, 3.8) is 0 Å². The summed E-state index contributed by atoms with van der Waals surface area (Å²) >= 11 is 2.00. The molecule has 2 saturated heterocycles. The molecule has 2 fully saturated rings. The summed E-state index contributed by atoms with van der Waals surface area (Å²) in [7, 11) is 0. The van der Waals surface area contributed by atoms with Gasteiger partial charge in [0.1, 0.15) is 0 Å². The first-order valence-electron chi connectivity index (χ1n) is 7.27. The molecule has 0 spiro atoms. The number of hydrogen-bond acceptors (Lipinski definition) is 3. The van der Waals surface area contributed by atoms with Gasteiger partial charge in [-0.05, 0) is 25.3 Å². The molecule has 0 aromatic carbocycles. The van der Waals surface area contributed by atoms with Crippen LogP contribution >= 0.6 is 11.8 Å². The predicted octanol–water partition coefficient (Wildman–Crippen LogP) is 2.12. The summed E-state index contributed by atoms with van der Waals surface area (Å²) < 4.78 is 0. The van der Waals surface area contributed by atoms with Crippen molar-refractivity contribution >= 4 is 17.7 Å². The fourth-order valence-electron chi connectivity index (χ4n) is 3.13. The van der Waals surface area contributed by atoms with Crippen LogP contribution in [0.15, 0.2) is 0 Å². The van der Waals surface area contributed by atoms with Crippen LogP contribution in [-0.4, -0.2) is 47.0 Å². The average Bonchev–Trinajstić information content (AvgIpc) is 2.37. The summed E-state index contributed by atoms with van der Waals surface area (Å²) in [5.41, 5.74) is 0. The van der Waals surface area contributed by atoms with Crippen LogP contribution in [0.1, 0.15) is 40.0 Å². The third kappa shape index (κ3) is 3.41. The van der Waals surface area contributed by atoms with Gasteiger partial charge in [-0.15, -0.1) is 0 Å². The van der Waals surface area contributed by atoms with Crippen LogP contribution in [0.4, 0.5) is 0 Å².